The Kier molecular flexibility index (Phi) is 5.34. The fraction of sp³-hybridized carbons (Fsp3) is 0.538. The van der Waals surface area contributed by atoms with E-state index in [-0.39, 0.29) is 12.1 Å². The molecule has 0 saturated heterocycles. The molecular formula is C13H18ClF2N. The van der Waals surface area contributed by atoms with E-state index in [9.17, 15) is 8.78 Å². The van der Waals surface area contributed by atoms with Gasteiger partial charge in [0.15, 0.2) is 11.6 Å². The fourth-order valence-corrected chi connectivity index (χ4v) is 2.18. The largest absolute Gasteiger partial charge is 0.306 e. The number of rotatable bonds is 6. The van der Waals surface area contributed by atoms with Gasteiger partial charge in [0, 0.05) is 23.5 Å². The smallest absolute Gasteiger partial charge is 0.163 e. The van der Waals surface area contributed by atoms with Crippen LogP contribution in [0, 0.1) is 11.6 Å². The summed E-state index contributed by atoms with van der Waals surface area (Å²) in [5, 5.41) is 3.23. The normalized spacial score (nSPS) is 11.8. The summed E-state index contributed by atoms with van der Waals surface area (Å²) in [7, 11) is 0. The van der Waals surface area contributed by atoms with Gasteiger partial charge in [-0.05, 0) is 18.9 Å². The van der Waals surface area contributed by atoms with Crippen LogP contribution in [0.15, 0.2) is 18.2 Å². The summed E-state index contributed by atoms with van der Waals surface area (Å²) in [6, 6.07) is 4.21. The van der Waals surface area contributed by atoms with Gasteiger partial charge in [0.2, 0.25) is 0 Å². The maximum atomic E-state index is 13.4. The summed E-state index contributed by atoms with van der Waals surface area (Å²) in [4.78, 5) is 0. The zero-order chi connectivity index (χ0) is 12.9. The molecule has 0 aliphatic rings. The molecule has 0 saturated carbocycles. The Labute approximate surface area is 106 Å². The summed E-state index contributed by atoms with van der Waals surface area (Å²) in [5.74, 6) is -1.14. The van der Waals surface area contributed by atoms with Gasteiger partial charge < -0.3 is 5.32 Å². The molecule has 1 aromatic carbocycles. The molecule has 0 atom stereocenters. The lowest BCUT2D eigenvalue weighted by Crippen LogP contribution is -2.45. The predicted molar refractivity (Wildman–Crippen MR) is 67.2 cm³/mol. The highest BCUT2D eigenvalue weighted by Gasteiger charge is 2.24. The first kappa shape index (κ1) is 14.4. The number of hydrogen-bond acceptors (Lipinski definition) is 1. The van der Waals surface area contributed by atoms with Crippen LogP contribution in [0.25, 0.3) is 0 Å². The molecule has 96 valence electrons. The van der Waals surface area contributed by atoms with Gasteiger partial charge in [0.1, 0.15) is 0 Å². The highest BCUT2D eigenvalue weighted by atomic mass is 35.5. The van der Waals surface area contributed by atoms with Crippen LogP contribution in [-0.4, -0.2) is 11.4 Å². The minimum absolute atomic E-state index is 0.208. The van der Waals surface area contributed by atoms with Gasteiger partial charge in [-0.1, -0.05) is 26.0 Å². The summed E-state index contributed by atoms with van der Waals surface area (Å²) < 4.78 is 26.5. The van der Waals surface area contributed by atoms with E-state index in [0.717, 1.165) is 18.9 Å². The van der Waals surface area contributed by atoms with Crippen molar-refractivity contribution in [2.75, 3.05) is 5.88 Å². The third-order valence-electron chi connectivity index (χ3n) is 3.29. The van der Waals surface area contributed by atoms with E-state index in [2.05, 4.69) is 5.32 Å². The molecular weight excluding hydrogens is 244 g/mol. The minimum Gasteiger partial charge on any atom is -0.306 e. The first-order valence-corrected chi connectivity index (χ1v) is 6.36. The average molecular weight is 262 g/mol. The molecule has 0 fully saturated rings. The Balaban J connectivity index is 2.75. The van der Waals surface area contributed by atoms with Crippen molar-refractivity contribution in [1.82, 2.24) is 5.32 Å². The first-order chi connectivity index (χ1) is 8.08. The van der Waals surface area contributed by atoms with Gasteiger partial charge in [0.05, 0.1) is 0 Å². The molecule has 0 heterocycles. The van der Waals surface area contributed by atoms with E-state index >= 15 is 0 Å². The number of alkyl halides is 1. The maximum absolute atomic E-state index is 13.4. The van der Waals surface area contributed by atoms with Crippen molar-refractivity contribution in [1.29, 1.82) is 0 Å². The molecule has 1 aromatic rings. The number of benzene rings is 1. The Morgan fingerprint density at radius 3 is 2.41 bits per heavy atom. The minimum atomic E-state index is -0.811. The molecule has 0 aliphatic carbocycles. The van der Waals surface area contributed by atoms with Crippen molar-refractivity contribution in [3.05, 3.63) is 35.4 Å². The average Bonchev–Trinajstić information content (AvgIpc) is 2.36. The molecule has 0 radical (unpaired) electrons. The zero-order valence-corrected chi connectivity index (χ0v) is 11.0. The Morgan fingerprint density at radius 1 is 1.24 bits per heavy atom. The molecule has 0 aromatic heterocycles. The lowest BCUT2D eigenvalue weighted by atomic mass is 9.95. The second kappa shape index (κ2) is 6.31. The van der Waals surface area contributed by atoms with Gasteiger partial charge in [-0.15, -0.1) is 11.6 Å². The van der Waals surface area contributed by atoms with Gasteiger partial charge >= 0.3 is 0 Å². The number of hydrogen-bond donors (Lipinski definition) is 1. The second-order valence-electron chi connectivity index (χ2n) is 4.19. The summed E-state index contributed by atoms with van der Waals surface area (Å²) in [6.07, 6.45) is 1.70. The van der Waals surface area contributed by atoms with Crippen LogP contribution in [0.4, 0.5) is 8.78 Å². The molecule has 0 bridgehead atoms. The molecule has 0 amide bonds. The molecule has 1 nitrogen and oxygen atoms in total. The van der Waals surface area contributed by atoms with Crippen molar-refractivity contribution in [2.24, 2.45) is 0 Å². The van der Waals surface area contributed by atoms with E-state index in [4.69, 9.17) is 11.6 Å². The van der Waals surface area contributed by atoms with Crippen molar-refractivity contribution in [3.63, 3.8) is 0 Å². The van der Waals surface area contributed by atoms with Crippen molar-refractivity contribution >= 4 is 11.6 Å². The molecule has 0 unspecified atom stereocenters. The van der Waals surface area contributed by atoms with Crippen LogP contribution in [0.5, 0.6) is 0 Å². The highest BCUT2D eigenvalue weighted by Crippen LogP contribution is 2.19. The van der Waals surface area contributed by atoms with Crippen molar-refractivity contribution in [2.45, 2.75) is 38.8 Å². The molecule has 0 spiro atoms. The van der Waals surface area contributed by atoms with Crippen LogP contribution < -0.4 is 5.32 Å². The van der Waals surface area contributed by atoms with E-state index in [1.165, 1.54) is 6.07 Å². The summed E-state index contributed by atoms with van der Waals surface area (Å²) in [5.41, 5.74) is 0.127. The zero-order valence-electron chi connectivity index (χ0n) is 10.2. The van der Waals surface area contributed by atoms with E-state index < -0.39 is 11.6 Å². The number of nitrogens with one attached hydrogen (secondary N) is 1. The van der Waals surface area contributed by atoms with E-state index in [1.54, 1.807) is 6.07 Å². The Morgan fingerprint density at radius 2 is 1.88 bits per heavy atom. The first-order valence-electron chi connectivity index (χ1n) is 5.82. The van der Waals surface area contributed by atoms with Gasteiger partial charge in [-0.25, -0.2) is 8.78 Å². The van der Waals surface area contributed by atoms with E-state index in [1.807, 2.05) is 13.8 Å². The van der Waals surface area contributed by atoms with Crippen LogP contribution in [0.1, 0.15) is 32.3 Å². The van der Waals surface area contributed by atoms with Crippen molar-refractivity contribution in [3.8, 4) is 0 Å². The SMILES string of the molecule is CCC(CC)(CCl)NCc1cccc(F)c1F. The van der Waals surface area contributed by atoms with Crippen LogP contribution in [-0.2, 0) is 6.54 Å². The van der Waals surface area contributed by atoms with Crippen LogP contribution >= 0.6 is 11.6 Å². The second-order valence-corrected chi connectivity index (χ2v) is 4.45. The Hall–Kier alpha value is -0.670. The Bertz CT molecular complexity index is 356. The monoisotopic (exact) mass is 261 g/mol. The molecule has 1 N–H and O–H groups in total. The van der Waals surface area contributed by atoms with Crippen LogP contribution in [0.3, 0.4) is 0 Å². The maximum Gasteiger partial charge on any atom is 0.163 e. The van der Waals surface area contributed by atoms with Gasteiger partial charge in [-0.3, -0.25) is 0 Å². The molecule has 1 rings (SSSR count). The van der Waals surface area contributed by atoms with Gasteiger partial charge in [0.25, 0.3) is 0 Å². The lowest BCUT2D eigenvalue weighted by molar-refractivity contribution is 0.330. The lowest BCUT2D eigenvalue weighted by Gasteiger charge is -2.31. The fourth-order valence-electron chi connectivity index (χ4n) is 1.70. The number of halogens is 3. The predicted octanol–water partition coefficient (Wildman–Crippen LogP) is 3.85. The third-order valence-corrected chi connectivity index (χ3v) is 3.81. The summed E-state index contributed by atoms with van der Waals surface area (Å²) in [6.45, 7) is 4.35. The third kappa shape index (κ3) is 3.39. The van der Waals surface area contributed by atoms with Gasteiger partial charge in [-0.2, -0.15) is 0 Å². The quantitative estimate of drug-likeness (QED) is 0.767. The van der Waals surface area contributed by atoms with Crippen LogP contribution in [0.2, 0.25) is 0 Å². The molecule has 17 heavy (non-hydrogen) atoms. The highest BCUT2D eigenvalue weighted by molar-refractivity contribution is 6.18. The van der Waals surface area contributed by atoms with E-state index in [0.29, 0.717) is 11.4 Å². The summed E-state index contributed by atoms with van der Waals surface area (Å²) >= 11 is 5.93. The van der Waals surface area contributed by atoms with Crippen molar-refractivity contribution < 1.29 is 8.78 Å². The standard InChI is InChI=1S/C13H18ClF2N/c1-3-13(4-2,9-14)17-8-10-6-5-7-11(15)12(10)16/h5-7,17H,3-4,8-9H2,1-2H3. The molecule has 4 heteroatoms. The topological polar surface area (TPSA) is 12.0 Å². The molecule has 0 aliphatic heterocycles.